The molecular weight excluding hydrogens is 386 g/mol. The van der Waals surface area contributed by atoms with Crippen molar-refractivity contribution in [2.24, 2.45) is 0 Å². The molecule has 0 spiro atoms. The highest BCUT2D eigenvalue weighted by atomic mass is 35.5. The number of carboxylic acids is 1. The van der Waals surface area contributed by atoms with E-state index in [1.807, 2.05) is 0 Å². The molecule has 1 aromatic heterocycles. The number of hydrogen-bond donors (Lipinski definition) is 3. The van der Waals surface area contributed by atoms with Gasteiger partial charge in [-0.25, -0.2) is 4.98 Å². The molecule has 1 saturated carbocycles. The van der Waals surface area contributed by atoms with Gasteiger partial charge in [-0.05, 0) is 25.0 Å². The van der Waals surface area contributed by atoms with E-state index in [2.05, 4.69) is 20.6 Å². The summed E-state index contributed by atoms with van der Waals surface area (Å²) in [4.78, 5) is 18.2. The second-order valence-corrected chi connectivity index (χ2v) is 6.52. The van der Waals surface area contributed by atoms with Crippen molar-refractivity contribution in [1.29, 1.82) is 0 Å². The molecule has 0 aliphatic heterocycles. The monoisotopic (exact) mass is 400 g/mol. The first-order valence-corrected chi connectivity index (χ1v) is 8.59. The molecule has 10 heteroatoms. The molecular formula is C16H15Cl2FN4O3. The van der Waals surface area contributed by atoms with Crippen LogP contribution in [0.1, 0.15) is 19.3 Å². The number of anilines is 2. The van der Waals surface area contributed by atoms with Crippen molar-refractivity contribution in [2.45, 2.75) is 25.3 Å². The summed E-state index contributed by atoms with van der Waals surface area (Å²) in [5.74, 6) is -1.83. The molecule has 0 radical (unpaired) electrons. The van der Waals surface area contributed by atoms with Gasteiger partial charge in [0.2, 0.25) is 5.82 Å². The Morgan fingerprint density at radius 3 is 2.62 bits per heavy atom. The normalized spacial score (nSPS) is 13.3. The third kappa shape index (κ3) is 4.64. The Morgan fingerprint density at radius 2 is 2.00 bits per heavy atom. The minimum absolute atomic E-state index is 0.0482. The second kappa shape index (κ2) is 7.92. The first kappa shape index (κ1) is 18.5. The second-order valence-electron chi connectivity index (χ2n) is 5.70. The summed E-state index contributed by atoms with van der Waals surface area (Å²) in [7, 11) is 0. The number of ether oxygens (including phenoxy) is 1. The first-order valence-electron chi connectivity index (χ1n) is 7.83. The summed E-state index contributed by atoms with van der Waals surface area (Å²) in [6, 6.07) is 3.23. The highest BCUT2D eigenvalue weighted by Gasteiger charge is 2.25. The summed E-state index contributed by atoms with van der Waals surface area (Å²) in [5.41, 5.74) is 0.521. The SMILES string of the molecule is O=C(O)CCNc1cc(Cl)c(Oc2ncnc(NC3CC3)c2F)c(Cl)c1. The molecule has 0 bridgehead atoms. The number of carbonyl (C=O) groups is 1. The van der Waals surface area contributed by atoms with Gasteiger partial charge < -0.3 is 20.5 Å². The summed E-state index contributed by atoms with van der Waals surface area (Å²) in [5, 5.41) is 14.7. The molecule has 7 nitrogen and oxygen atoms in total. The van der Waals surface area contributed by atoms with E-state index in [9.17, 15) is 9.18 Å². The van der Waals surface area contributed by atoms with Gasteiger partial charge in [0.1, 0.15) is 6.33 Å². The molecule has 1 heterocycles. The van der Waals surface area contributed by atoms with E-state index in [-0.39, 0.29) is 46.5 Å². The van der Waals surface area contributed by atoms with Crippen LogP contribution in [-0.2, 0) is 4.79 Å². The zero-order valence-corrected chi connectivity index (χ0v) is 14.9. The van der Waals surface area contributed by atoms with E-state index in [0.717, 1.165) is 12.8 Å². The van der Waals surface area contributed by atoms with Crippen LogP contribution in [0.25, 0.3) is 0 Å². The topological polar surface area (TPSA) is 96.4 Å². The van der Waals surface area contributed by atoms with E-state index < -0.39 is 11.8 Å². The number of benzene rings is 1. The Labute approximate surface area is 158 Å². The summed E-state index contributed by atoms with van der Waals surface area (Å²) >= 11 is 12.3. The number of carboxylic acid groups (broad SMARTS) is 1. The molecule has 1 aliphatic carbocycles. The summed E-state index contributed by atoms with van der Waals surface area (Å²) in [6.45, 7) is 0.207. The first-order chi connectivity index (χ1) is 12.4. The quantitative estimate of drug-likeness (QED) is 0.611. The fourth-order valence-corrected chi connectivity index (χ4v) is 2.68. The lowest BCUT2D eigenvalue weighted by atomic mass is 10.3. The van der Waals surface area contributed by atoms with Crippen LogP contribution in [0.15, 0.2) is 18.5 Å². The molecule has 1 aliphatic rings. The average Bonchev–Trinajstić information content (AvgIpc) is 3.38. The Morgan fingerprint density at radius 1 is 1.31 bits per heavy atom. The third-order valence-electron chi connectivity index (χ3n) is 3.54. The van der Waals surface area contributed by atoms with Crippen LogP contribution < -0.4 is 15.4 Å². The van der Waals surface area contributed by atoms with Crippen molar-refractivity contribution in [1.82, 2.24) is 9.97 Å². The van der Waals surface area contributed by atoms with Gasteiger partial charge in [-0.1, -0.05) is 23.2 Å². The van der Waals surface area contributed by atoms with E-state index >= 15 is 0 Å². The van der Waals surface area contributed by atoms with Crippen LogP contribution in [0.3, 0.4) is 0 Å². The predicted molar refractivity (Wildman–Crippen MR) is 95.9 cm³/mol. The number of nitrogens with one attached hydrogen (secondary N) is 2. The molecule has 3 N–H and O–H groups in total. The van der Waals surface area contributed by atoms with Gasteiger partial charge in [0.05, 0.1) is 16.5 Å². The lowest BCUT2D eigenvalue weighted by Gasteiger charge is -2.13. The number of aromatic nitrogens is 2. The van der Waals surface area contributed by atoms with Crippen molar-refractivity contribution < 1.29 is 19.0 Å². The van der Waals surface area contributed by atoms with Gasteiger partial charge in [-0.3, -0.25) is 4.79 Å². The minimum atomic E-state index is -0.926. The molecule has 0 unspecified atom stereocenters. The van der Waals surface area contributed by atoms with E-state index in [4.69, 9.17) is 33.0 Å². The van der Waals surface area contributed by atoms with Gasteiger partial charge in [0.25, 0.3) is 5.88 Å². The lowest BCUT2D eigenvalue weighted by molar-refractivity contribution is -0.136. The Bertz CT molecular complexity index is 810. The maximum absolute atomic E-state index is 14.5. The van der Waals surface area contributed by atoms with E-state index in [1.54, 1.807) is 0 Å². The molecule has 1 aromatic carbocycles. The zero-order valence-electron chi connectivity index (χ0n) is 13.4. The van der Waals surface area contributed by atoms with Crippen LogP contribution >= 0.6 is 23.2 Å². The average molecular weight is 401 g/mol. The maximum Gasteiger partial charge on any atom is 0.305 e. The van der Waals surface area contributed by atoms with Crippen LogP contribution in [-0.4, -0.2) is 33.6 Å². The molecule has 1 fully saturated rings. The fourth-order valence-electron chi connectivity index (χ4n) is 2.12. The highest BCUT2D eigenvalue weighted by molar-refractivity contribution is 6.37. The van der Waals surface area contributed by atoms with E-state index in [1.165, 1.54) is 18.5 Å². The number of rotatable bonds is 8. The maximum atomic E-state index is 14.5. The molecule has 0 saturated heterocycles. The highest BCUT2D eigenvalue weighted by Crippen LogP contribution is 2.39. The number of nitrogens with zero attached hydrogens (tertiary/aromatic N) is 2. The van der Waals surface area contributed by atoms with E-state index in [0.29, 0.717) is 5.69 Å². The minimum Gasteiger partial charge on any atom is -0.481 e. The van der Waals surface area contributed by atoms with Crippen molar-refractivity contribution in [2.75, 3.05) is 17.2 Å². The molecule has 2 aromatic rings. The molecule has 26 heavy (non-hydrogen) atoms. The van der Waals surface area contributed by atoms with Crippen molar-refractivity contribution in [3.8, 4) is 11.6 Å². The third-order valence-corrected chi connectivity index (χ3v) is 4.10. The molecule has 138 valence electrons. The van der Waals surface area contributed by atoms with Crippen molar-refractivity contribution in [3.63, 3.8) is 0 Å². The van der Waals surface area contributed by atoms with Gasteiger partial charge in [-0.2, -0.15) is 9.37 Å². The zero-order chi connectivity index (χ0) is 18.7. The molecule has 3 rings (SSSR count). The van der Waals surface area contributed by atoms with Gasteiger partial charge >= 0.3 is 5.97 Å². The Hall–Kier alpha value is -2.32. The van der Waals surface area contributed by atoms with Crippen LogP contribution in [0.2, 0.25) is 10.0 Å². The van der Waals surface area contributed by atoms with Crippen molar-refractivity contribution >= 4 is 40.7 Å². The summed E-state index contributed by atoms with van der Waals surface area (Å²) in [6.07, 6.45) is 3.06. The number of hydrogen-bond acceptors (Lipinski definition) is 6. The predicted octanol–water partition coefficient (Wildman–Crippen LogP) is 4.18. The van der Waals surface area contributed by atoms with Crippen LogP contribution in [0, 0.1) is 5.82 Å². The Kier molecular flexibility index (Phi) is 5.63. The number of aliphatic carboxylic acids is 1. The molecule has 0 amide bonds. The summed E-state index contributed by atoms with van der Waals surface area (Å²) < 4.78 is 19.9. The number of halogens is 3. The largest absolute Gasteiger partial charge is 0.481 e. The Balaban J connectivity index is 1.76. The van der Waals surface area contributed by atoms with Gasteiger partial charge in [0.15, 0.2) is 11.6 Å². The smallest absolute Gasteiger partial charge is 0.305 e. The van der Waals surface area contributed by atoms with Gasteiger partial charge in [0, 0.05) is 18.3 Å². The van der Waals surface area contributed by atoms with Crippen LogP contribution in [0.5, 0.6) is 11.6 Å². The standard InChI is InChI=1S/C16H15Cl2FN4O3/c17-10-5-9(20-4-3-12(24)25)6-11(18)14(10)26-16-13(19)15(21-7-22-16)23-8-1-2-8/h5-8,20H,1-4H2,(H,24,25)(H,21,22,23). The van der Waals surface area contributed by atoms with Crippen molar-refractivity contribution in [3.05, 3.63) is 34.3 Å². The lowest BCUT2D eigenvalue weighted by Crippen LogP contribution is -2.08. The van der Waals surface area contributed by atoms with Gasteiger partial charge in [-0.15, -0.1) is 0 Å². The fraction of sp³-hybridized carbons (Fsp3) is 0.312. The molecule has 0 atom stereocenters. The van der Waals surface area contributed by atoms with Crippen LogP contribution in [0.4, 0.5) is 15.9 Å².